The first-order valence-electron chi connectivity index (χ1n) is 9.85. The van der Waals surface area contributed by atoms with Crippen molar-refractivity contribution in [3.63, 3.8) is 0 Å². The van der Waals surface area contributed by atoms with E-state index in [1.807, 2.05) is 0 Å². The van der Waals surface area contributed by atoms with Gasteiger partial charge in [0.1, 0.15) is 0 Å². The molecule has 31 heavy (non-hydrogen) atoms. The number of anilines is 1. The van der Waals surface area contributed by atoms with Gasteiger partial charge >= 0.3 is 0 Å². The van der Waals surface area contributed by atoms with Crippen LogP contribution >= 0.6 is 0 Å². The van der Waals surface area contributed by atoms with Gasteiger partial charge in [-0.15, -0.1) is 0 Å². The molecule has 10 heteroatoms. The monoisotopic (exact) mass is 432 g/mol. The number of carbonyl (C=O) groups excluding carboxylic acids is 2. The molecule has 3 rings (SSSR count). The minimum absolute atomic E-state index is 0.0166. The number of piperazine rings is 1. The molecule has 1 fully saturated rings. The molecule has 1 saturated heterocycles. The van der Waals surface area contributed by atoms with Crippen molar-refractivity contribution in [2.45, 2.75) is 12.8 Å². The van der Waals surface area contributed by atoms with E-state index in [2.05, 4.69) is 5.32 Å². The van der Waals surface area contributed by atoms with E-state index in [-0.39, 0.29) is 17.2 Å². The largest absolute Gasteiger partial charge is 0.385 e. The molecule has 0 atom stereocenters. The summed E-state index contributed by atoms with van der Waals surface area (Å²) in [5, 5.41) is 13.8. The second-order valence-electron chi connectivity index (χ2n) is 7.14. The third-order valence-corrected chi connectivity index (χ3v) is 5.06. The van der Waals surface area contributed by atoms with E-state index < -0.39 is 22.5 Å². The molecular formula is C21H22F2N4O4. The summed E-state index contributed by atoms with van der Waals surface area (Å²) >= 11 is 0. The van der Waals surface area contributed by atoms with E-state index in [9.17, 15) is 28.5 Å². The smallest absolute Gasteiger partial charge is 0.269 e. The first-order chi connectivity index (χ1) is 14.8. The Morgan fingerprint density at radius 3 is 2.23 bits per heavy atom. The molecule has 0 bridgehead atoms. The Hall–Kier alpha value is -3.56. The number of carbonyl (C=O) groups is 2. The number of nitro benzene ring substituents is 1. The van der Waals surface area contributed by atoms with Gasteiger partial charge in [-0.2, -0.15) is 0 Å². The van der Waals surface area contributed by atoms with E-state index in [4.69, 9.17) is 0 Å². The summed E-state index contributed by atoms with van der Waals surface area (Å²) in [4.78, 5) is 38.2. The number of hydrogen-bond donors (Lipinski definition) is 1. The maximum atomic E-state index is 13.3. The summed E-state index contributed by atoms with van der Waals surface area (Å²) in [6, 6.07) is 9.10. The minimum atomic E-state index is -1.07. The number of hydrogen-bond acceptors (Lipinski definition) is 5. The van der Waals surface area contributed by atoms with E-state index in [0.717, 1.165) is 17.8 Å². The van der Waals surface area contributed by atoms with Gasteiger partial charge in [-0.25, -0.2) is 8.78 Å². The highest BCUT2D eigenvalue weighted by Gasteiger charge is 2.25. The molecule has 164 valence electrons. The van der Waals surface area contributed by atoms with Crippen molar-refractivity contribution in [1.29, 1.82) is 0 Å². The van der Waals surface area contributed by atoms with E-state index in [0.29, 0.717) is 45.6 Å². The Morgan fingerprint density at radius 2 is 1.61 bits per heavy atom. The molecule has 2 amide bonds. The number of non-ortho nitro benzene ring substituents is 1. The van der Waals surface area contributed by atoms with Crippen LogP contribution in [0.3, 0.4) is 0 Å². The molecule has 0 aromatic heterocycles. The van der Waals surface area contributed by atoms with Crippen molar-refractivity contribution in [2.24, 2.45) is 0 Å². The molecule has 0 aliphatic carbocycles. The van der Waals surface area contributed by atoms with Crippen molar-refractivity contribution in [3.8, 4) is 0 Å². The highest BCUT2D eigenvalue weighted by molar-refractivity contribution is 5.94. The first kappa shape index (κ1) is 22.1. The van der Waals surface area contributed by atoms with Gasteiger partial charge in [0.05, 0.1) is 4.92 Å². The van der Waals surface area contributed by atoms with Crippen LogP contribution in [0, 0.1) is 21.7 Å². The lowest BCUT2D eigenvalue weighted by Crippen LogP contribution is -2.50. The van der Waals surface area contributed by atoms with Crippen LogP contribution in [0.2, 0.25) is 0 Å². The maximum absolute atomic E-state index is 13.3. The topological polar surface area (TPSA) is 95.8 Å². The molecule has 1 aliphatic rings. The summed E-state index contributed by atoms with van der Waals surface area (Å²) in [5.41, 5.74) is 0.835. The Morgan fingerprint density at radius 1 is 0.968 bits per heavy atom. The highest BCUT2D eigenvalue weighted by atomic mass is 19.2. The third-order valence-electron chi connectivity index (χ3n) is 5.06. The summed E-state index contributed by atoms with van der Waals surface area (Å²) in [6.45, 7) is 1.95. The van der Waals surface area contributed by atoms with Crippen LogP contribution in [-0.2, 0) is 4.79 Å². The summed E-state index contributed by atoms with van der Waals surface area (Å²) in [7, 11) is 0. The van der Waals surface area contributed by atoms with Crippen molar-refractivity contribution in [2.75, 3.05) is 38.0 Å². The van der Waals surface area contributed by atoms with Crippen molar-refractivity contribution >= 4 is 23.2 Å². The molecular weight excluding hydrogens is 410 g/mol. The predicted octanol–water partition coefficient (Wildman–Crippen LogP) is 3.05. The van der Waals surface area contributed by atoms with Crippen LogP contribution in [-0.4, -0.2) is 59.3 Å². The van der Waals surface area contributed by atoms with Gasteiger partial charge in [-0.3, -0.25) is 19.7 Å². The fourth-order valence-electron chi connectivity index (χ4n) is 3.30. The third kappa shape index (κ3) is 5.74. The van der Waals surface area contributed by atoms with Crippen LogP contribution in [0.4, 0.5) is 20.2 Å². The minimum Gasteiger partial charge on any atom is -0.385 e. The zero-order chi connectivity index (χ0) is 22.4. The van der Waals surface area contributed by atoms with Gasteiger partial charge in [0.25, 0.3) is 11.6 Å². The molecule has 8 nitrogen and oxygen atoms in total. The zero-order valence-corrected chi connectivity index (χ0v) is 16.7. The molecule has 2 aromatic carbocycles. The first-order valence-corrected chi connectivity index (χ1v) is 9.85. The Kier molecular flexibility index (Phi) is 7.11. The van der Waals surface area contributed by atoms with Crippen molar-refractivity contribution in [3.05, 3.63) is 69.8 Å². The molecule has 1 heterocycles. The number of nitro groups is 1. The number of halogens is 2. The van der Waals surface area contributed by atoms with Gasteiger partial charge in [0.15, 0.2) is 11.6 Å². The second kappa shape index (κ2) is 9.96. The lowest BCUT2D eigenvalue weighted by Gasteiger charge is -2.35. The fraction of sp³-hybridized carbons (Fsp3) is 0.333. The van der Waals surface area contributed by atoms with Crippen LogP contribution in [0.15, 0.2) is 42.5 Å². The average molecular weight is 432 g/mol. The Bertz CT molecular complexity index is 960. The van der Waals surface area contributed by atoms with Gasteiger partial charge in [-0.05, 0) is 36.8 Å². The molecule has 0 unspecified atom stereocenters. The van der Waals surface area contributed by atoms with E-state index >= 15 is 0 Å². The number of nitrogens with zero attached hydrogens (tertiary/aromatic N) is 3. The molecule has 1 aliphatic heterocycles. The van der Waals surface area contributed by atoms with E-state index in [1.165, 1.54) is 23.1 Å². The van der Waals surface area contributed by atoms with Gasteiger partial charge < -0.3 is 15.1 Å². The highest BCUT2D eigenvalue weighted by Crippen LogP contribution is 2.16. The number of rotatable bonds is 7. The predicted molar refractivity (Wildman–Crippen MR) is 110 cm³/mol. The van der Waals surface area contributed by atoms with E-state index in [1.54, 1.807) is 17.0 Å². The standard InChI is InChI=1S/C21H22F2N4O4/c22-18-8-3-15(14-19(18)23)21(29)26-12-10-25(11-13-26)20(28)2-1-9-24-16-4-6-17(7-5-16)27(30)31/h3-8,14,24H,1-2,9-13H2. The quantitative estimate of drug-likeness (QED) is 0.412. The fourth-order valence-corrected chi connectivity index (χ4v) is 3.30. The maximum Gasteiger partial charge on any atom is 0.269 e. The van der Waals surface area contributed by atoms with Gasteiger partial charge in [-0.1, -0.05) is 0 Å². The average Bonchev–Trinajstić information content (AvgIpc) is 2.78. The number of nitrogens with one attached hydrogen (secondary N) is 1. The zero-order valence-electron chi connectivity index (χ0n) is 16.7. The summed E-state index contributed by atoms with van der Waals surface area (Å²) in [6.07, 6.45) is 0.918. The number of benzene rings is 2. The Balaban J connectivity index is 1.39. The molecule has 2 aromatic rings. The molecule has 1 N–H and O–H groups in total. The van der Waals surface area contributed by atoms with Crippen LogP contribution < -0.4 is 5.32 Å². The number of amides is 2. The molecule has 0 spiro atoms. The lowest BCUT2D eigenvalue weighted by molar-refractivity contribution is -0.384. The molecule has 0 radical (unpaired) electrons. The normalized spacial score (nSPS) is 13.7. The van der Waals surface area contributed by atoms with Crippen LogP contribution in [0.25, 0.3) is 0 Å². The SMILES string of the molecule is O=C(CCCNc1ccc([N+](=O)[O-])cc1)N1CCN(C(=O)c2ccc(F)c(F)c2)CC1. The lowest BCUT2D eigenvalue weighted by atomic mass is 10.1. The van der Waals surface area contributed by atoms with Crippen molar-refractivity contribution < 1.29 is 23.3 Å². The van der Waals surface area contributed by atoms with Gasteiger partial charge in [0, 0.05) is 62.5 Å². The van der Waals surface area contributed by atoms with Crippen LogP contribution in [0.1, 0.15) is 23.2 Å². The van der Waals surface area contributed by atoms with Crippen LogP contribution in [0.5, 0.6) is 0 Å². The molecule has 0 saturated carbocycles. The van der Waals surface area contributed by atoms with Crippen molar-refractivity contribution in [1.82, 2.24) is 9.80 Å². The van der Waals surface area contributed by atoms with Gasteiger partial charge in [0.2, 0.25) is 5.91 Å². The summed E-state index contributed by atoms with van der Waals surface area (Å²) in [5.74, 6) is -2.49. The second-order valence-corrected chi connectivity index (χ2v) is 7.14. The summed E-state index contributed by atoms with van der Waals surface area (Å²) < 4.78 is 26.4. The Labute approximate surface area is 177 Å².